The molecule has 2 aliphatic heterocycles. The summed E-state index contributed by atoms with van der Waals surface area (Å²) in [5.41, 5.74) is 3.13. The zero-order chi connectivity index (χ0) is 20.6. The first-order valence-corrected chi connectivity index (χ1v) is 10.2. The number of pyridine rings is 1. The maximum Gasteiger partial charge on any atom is 0.217 e. The van der Waals surface area contributed by atoms with Crippen molar-refractivity contribution in [2.24, 2.45) is 0 Å². The summed E-state index contributed by atoms with van der Waals surface area (Å²) in [5, 5.41) is 0. The van der Waals surface area contributed by atoms with E-state index in [1.807, 2.05) is 24.4 Å². The lowest BCUT2D eigenvalue weighted by atomic mass is 10.0. The third kappa shape index (κ3) is 3.44. The number of nitrogens with zero attached hydrogens (tertiary/aromatic N) is 4. The number of benzene rings is 1. The van der Waals surface area contributed by atoms with E-state index in [0.717, 1.165) is 61.0 Å². The van der Waals surface area contributed by atoms with Gasteiger partial charge < -0.3 is 18.8 Å². The zero-order valence-corrected chi connectivity index (χ0v) is 17.4. The molecule has 0 aliphatic carbocycles. The molecule has 1 fully saturated rings. The van der Waals surface area contributed by atoms with Crippen molar-refractivity contribution in [1.29, 1.82) is 0 Å². The first-order valence-electron chi connectivity index (χ1n) is 10.2. The van der Waals surface area contributed by atoms with E-state index in [1.54, 1.807) is 20.4 Å². The van der Waals surface area contributed by atoms with Crippen LogP contribution in [0.4, 0.5) is 0 Å². The normalized spacial score (nSPS) is 21.0. The maximum atomic E-state index is 6.37. The molecular formula is C23H26N4O3. The molecule has 1 spiro atoms. The van der Waals surface area contributed by atoms with Gasteiger partial charge in [0.2, 0.25) is 5.88 Å². The number of aromatic nitrogens is 3. The predicted octanol–water partition coefficient (Wildman–Crippen LogP) is 3.14. The van der Waals surface area contributed by atoms with Crippen LogP contribution in [0.3, 0.4) is 0 Å². The van der Waals surface area contributed by atoms with Gasteiger partial charge >= 0.3 is 0 Å². The molecule has 1 aromatic carbocycles. The largest absolute Gasteiger partial charge is 0.497 e. The number of imidazole rings is 1. The second kappa shape index (κ2) is 7.74. The number of rotatable bonds is 5. The van der Waals surface area contributed by atoms with E-state index in [4.69, 9.17) is 14.2 Å². The molecule has 1 atom stereocenters. The van der Waals surface area contributed by atoms with Crippen LogP contribution >= 0.6 is 0 Å². The van der Waals surface area contributed by atoms with Crippen LogP contribution in [0.5, 0.6) is 11.6 Å². The fraction of sp³-hybridized carbons (Fsp3) is 0.391. The Labute approximate surface area is 176 Å². The molecule has 0 N–H and O–H groups in total. The third-order valence-corrected chi connectivity index (χ3v) is 6.09. The van der Waals surface area contributed by atoms with Gasteiger partial charge in [-0.1, -0.05) is 18.2 Å². The van der Waals surface area contributed by atoms with Crippen molar-refractivity contribution in [3.05, 3.63) is 60.2 Å². The number of hydrogen-bond acceptors (Lipinski definition) is 6. The van der Waals surface area contributed by atoms with Crippen molar-refractivity contribution in [3.63, 3.8) is 0 Å². The monoisotopic (exact) mass is 406 g/mol. The van der Waals surface area contributed by atoms with Gasteiger partial charge in [-0.25, -0.2) is 9.97 Å². The summed E-state index contributed by atoms with van der Waals surface area (Å²) < 4.78 is 19.5. The van der Waals surface area contributed by atoms with E-state index in [0.29, 0.717) is 12.5 Å². The molecule has 156 valence electrons. The van der Waals surface area contributed by atoms with Gasteiger partial charge in [-0.05, 0) is 24.6 Å². The molecule has 30 heavy (non-hydrogen) atoms. The van der Waals surface area contributed by atoms with E-state index in [9.17, 15) is 0 Å². The molecule has 0 bridgehead atoms. The zero-order valence-electron chi connectivity index (χ0n) is 17.4. The molecule has 7 heteroatoms. The van der Waals surface area contributed by atoms with E-state index >= 15 is 0 Å². The Kier molecular flexibility index (Phi) is 4.92. The van der Waals surface area contributed by atoms with Gasteiger partial charge in [0.1, 0.15) is 23.8 Å². The molecule has 0 amide bonds. The molecule has 1 saturated heterocycles. The first kappa shape index (κ1) is 19.1. The topological polar surface area (TPSA) is 61.6 Å². The Morgan fingerprint density at radius 3 is 2.90 bits per heavy atom. The second-order valence-corrected chi connectivity index (χ2v) is 7.98. The fourth-order valence-corrected chi connectivity index (χ4v) is 4.55. The lowest BCUT2D eigenvalue weighted by Gasteiger charge is -2.35. The molecule has 4 heterocycles. The van der Waals surface area contributed by atoms with Crippen LogP contribution in [-0.4, -0.2) is 52.3 Å². The highest BCUT2D eigenvalue weighted by Crippen LogP contribution is 2.36. The van der Waals surface area contributed by atoms with Gasteiger partial charge in [0.15, 0.2) is 0 Å². The Bertz CT molecular complexity index is 1050. The van der Waals surface area contributed by atoms with Crippen LogP contribution < -0.4 is 9.47 Å². The predicted molar refractivity (Wildman–Crippen MR) is 112 cm³/mol. The third-order valence-electron chi connectivity index (χ3n) is 6.09. The van der Waals surface area contributed by atoms with Gasteiger partial charge in [-0.15, -0.1) is 0 Å². The molecule has 0 radical (unpaired) electrons. The quantitative estimate of drug-likeness (QED) is 0.649. The van der Waals surface area contributed by atoms with Crippen LogP contribution in [0.15, 0.2) is 48.8 Å². The lowest BCUT2D eigenvalue weighted by Crippen LogP contribution is -2.44. The summed E-state index contributed by atoms with van der Waals surface area (Å²) in [6.45, 7) is 4.00. The second-order valence-electron chi connectivity index (χ2n) is 7.98. The summed E-state index contributed by atoms with van der Waals surface area (Å²) >= 11 is 0. The Hall–Kier alpha value is -2.90. The highest BCUT2D eigenvalue weighted by Gasteiger charge is 2.43. The van der Waals surface area contributed by atoms with Crippen molar-refractivity contribution in [2.45, 2.75) is 31.7 Å². The summed E-state index contributed by atoms with van der Waals surface area (Å²) in [5.74, 6) is 2.52. The van der Waals surface area contributed by atoms with Crippen LogP contribution in [0.2, 0.25) is 0 Å². The van der Waals surface area contributed by atoms with Crippen molar-refractivity contribution < 1.29 is 14.2 Å². The summed E-state index contributed by atoms with van der Waals surface area (Å²) in [6.07, 6.45) is 4.70. The highest BCUT2D eigenvalue weighted by molar-refractivity contribution is 5.61. The van der Waals surface area contributed by atoms with Gasteiger partial charge in [0.05, 0.1) is 32.7 Å². The minimum Gasteiger partial charge on any atom is -0.497 e. The summed E-state index contributed by atoms with van der Waals surface area (Å²) in [4.78, 5) is 11.4. The number of likely N-dealkylation sites (tertiary alicyclic amines) is 1. The number of hydrogen-bond donors (Lipinski definition) is 0. The lowest BCUT2D eigenvalue weighted by molar-refractivity contribution is -0.0821. The highest BCUT2D eigenvalue weighted by atomic mass is 16.5. The molecule has 0 unspecified atom stereocenters. The van der Waals surface area contributed by atoms with E-state index in [-0.39, 0.29) is 5.60 Å². The Balaban J connectivity index is 1.36. The van der Waals surface area contributed by atoms with Crippen molar-refractivity contribution in [2.75, 3.05) is 27.3 Å². The summed E-state index contributed by atoms with van der Waals surface area (Å²) in [6, 6.07) is 12.2. The summed E-state index contributed by atoms with van der Waals surface area (Å²) in [7, 11) is 3.36. The Morgan fingerprint density at radius 2 is 2.03 bits per heavy atom. The van der Waals surface area contributed by atoms with Crippen LogP contribution in [-0.2, 0) is 24.4 Å². The molecule has 2 aromatic heterocycles. The SMILES string of the molecule is COc1cccc(-c2cnc3n2C[C@]2(CCN(Cc4cccnc4OC)C2)OC3)c1. The minimum atomic E-state index is -0.198. The van der Waals surface area contributed by atoms with Gasteiger partial charge in [-0.2, -0.15) is 0 Å². The van der Waals surface area contributed by atoms with Crippen molar-refractivity contribution in [3.8, 4) is 22.9 Å². The minimum absolute atomic E-state index is 0.198. The molecule has 2 aliphatic rings. The van der Waals surface area contributed by atoms with Crippen molar-refractivity contribution >= 4 is 0 Å². The molecule has 7 nitrogen and oxygen atoms in total. The van der Waals surface area contributed by atoms with Gasteiger partial charge in [-0.3, -0.25) is 4.90 Å². The van der Waals surface area contributed by atoms with Gasteiger partial charge in [0.25, 0.3) is 0 Å². The van der Waals surface area contributed by atoms with Crippen LogP contribution in [0.25, 0.3) is 11.3 Å². The molecule has 3 aromatic rings. The molecule has 5 rings (SSSR count). The van der Waals surface area contributed by atoms with Crippen LogP contribution in [0.1, 0.15) is 17.8 Å². The smallest absolute Gasteiger partial charge is 0.217 e. The molecular weight excluding hydrogens is 380 g/mol. The van der Waals surface area contributed by atoms with E-state index in [2.05, 4.69) is 37.6 Å². The van der Waals surface area contributed by atoms with E-state index in [1.165, 1.54) is 0 Å². The maximum absolute atomic E-state index is 6.37. The average Bonchev–Trinajstić information content (AvgIpc) is 3.38. The first-order chi connectivity index (χ1) is 14.7. The van der Waals surface area contributed by atoms with Crippen LogP contribution in [0, 0.1) is 0 Å². The number of fused-ring (bicyclic) bond motifs is 1. The van der Waals surface area contributed by atoms with Gasteiger partial charge in [0, 0.05) is 37.0 Å². The number of methoxy groups -OCH3 is 2. The molecule has 0 saturated carbocycles. The Morgan fingerprint density at radius 1 is 1.10 bits per heavy atom. The fourth-order valence-electron chi connectivity index (χ4n) is 4.55. The van der Waals surface area contributed by atoms with E-state index < -0.39 is 0 Å². The standard InChI is InChI=1S/C23H26N4O3/c1-28-19-7-3-5-17(11-19)20-12-25-21-14-30-23(16-27(20)21)8-10-26(15-23)13-18-6-4-9-24-22(18)29-2/h3-7,9,11-12H,8,10,13-16H2,1-2H3/t23-/m1/s1. The average molecular weight is 406 g/mol. The van der Waals surface area contributed by atoms with Crippen molar-refractivity contribution in [1.82, 2.24) is 19.4 Å². The number of ether oxygens (including phenoxy) is 3.